The number of hydrogen-bond acceptors (Lipinski definition) is 10. The molecule has 0 aliphatic rings. The number of benzene rings is 6. The number of rotatable bonds is 18. The number of ether oxygens (including phenoxy) is 4. The molecule has 336 valence electrons. The fourth-order valence-electron chi connectivity index (χ4n) is 5.31. The van der Waals surface area contributed by atoms with E-state index in [4.69, 9.17) is 29.2 Å². The predicted molar refractivity (Wildman–Crippen MR) is 221 cm³/mol. The van der Waals surface area contributed by atoms with Crippen molar-refractivity contribution in [2.24, 2.45) is 0 Å². The molecule has 0 heterocycles. The number of anilines is 2. The highest BCUT2D eigenvalue weighted by atomic mass is 32.2. The summed E-state index contributed by atoms with van der Waals surface area (Å²) in [6.07, 6.45) is -4.82. The number of aromatic carboxylic acids is 2. The molecule has 64 heavy (non-hydrogen) atoms. The van der Waals surface area contributed by atoms with E-state index >= 15 is 0 Å². The first kappa shape index (κ1) is 47.7. The topological polar surface area (TPSA) is 204 Å². The van der Waals surface area contributed by atoms with Crippen molar-refractivity contribution in [1.82, 2.24) is 0 Å². The molecular formula is C43H35F5N2O12S2. The van der Waals surface area contributed by atoms with Crippen molar-refractivity contribution in [1.29, 1.82) is 0 Å². The van der Waals surface area contributed by atoms with Crippen LogP contribution in [0.5, 0.6) is 23.0 Å². The Morgan fingerprint density at radius 3 is 1.22 bits per heavy atom. The average molecular weight is 931 g/mol. The zero-order chi connectivity index (χ0) is 46.5. The molecule has 14 nitrogen and oxygen atoms in total. The lowest BCUT2D eigenvalue weighted by Crippen LogP contribution is -2.18. The molecule has 0 radical (unpaired) electrons. The van der Waals surface area contributed by atoms with Crippen molar-refractivity contribution < 1.29 is 77.5 Å². The number of sulfonamides is 2. The Bertz CT molecular complexity index is 2760. The van der Waals surface area contributed by atoms with Crippen LogP contribution in [0.4, 0.5) is 33.3 Å². The highest BCUT2D eigenvalue weighted by Crippen LogP contribution is 2.35. The van der Waals surface area contributed by atoms with Gasteiger partial charge < -0.3 is 29.2 Å². The minimum absolute atomic E-state index is 0.0640. The van der Waals surface area contributed by atoms with Gasteiger partial charge in [-0.05, 0) is 121 Å². The van der Waals surface area contributed by atoms with E-state index in [1.165, 1.54) is 103 Å². The van der Waals surface area contributed by atoms with Crippen LogP contribution in [0.15, 0.2) is 149 Å². The van der Waals surface area contributed by atoms with Crippen LogP contribution in [0.3, 0.4) is 0 Å². The zero-order valence-corrected chi connectivity index (χ0v) is 34.4. The van der Waals surface area contributed by atoms with E-state index in [9.17, 15) is 48.4 Å². The molecule has 6 aromatic carbocycles. The molecule has 0 saturated carbocycles. The Kier molecular flexibility index (Phi) is 15.7. The second-order valence-corrected chi connectivity index (χ2v) is 16.2. The van der Waals surface area contributed by atoms with Crippen molar-refractivity contribution in [3.63, 3.8) is 0 Å². The maximum atomic E-state index is 13.7. The summed E-state index contributed by atoms with van der Waals surface area (Å²) in [7, 11) is -8.69. The lowest BCUT2D eigenvalue weighted by molar-refractivity contribution is -0.139. The van der Waals surface area contributed by atoms with Gasteiger partial charge in [0.25, 0.3) is 20.0 Å². The first-order valence-corrected chi connectivity index (χ1v) is 21.3. The van der Waals surface area contributed by atoms with E-state index in [0.29, 0.717) is 35.1 Å². The molecule has 0 unspecified atom stereocenters. The Morgan fingerprint density at radius 2 is 0.859 bits per heavy atom. The number of hydrogen-bond donors (Lipinski definition) is 4. The molecule has 0 spiro atoms. The minimum Gasteiger partial charge on any atom is -0.490 e. The lowest BCUT2D eigenvalue weighted by Gasteiger charge is -2.14. The minimum atomic E-state index is -4.82. The smallest absolute Gasteiger partial charge is 0.417 e. The maximum absolute atomic E-state index is 13.7. The predicted octanol–water partition coefficient (Wildman–Crippen LogP) is 8.58. The van der Waals surface area contributed by atoms with Crippen LogP contribution < -0.4 is 28.4 Å². The van der Waals surface area contributed by atoms with Crippen molar-refractivity contribution >= 4 is 43.4 Å². The third kappa shape index (κ3) is 13.8. The fraction of sp³-hybridized carbons (Fsp3) is 0.116. The van der Waals surface area contributed by atoms with E-state index in [1.807, 2.05) is 0 Å². The van der Waals surface area contributed by atoms with Gasteiger partial charge in [-0.1, -0.05) is 12.1 Å². The van der Waals surface area contributed by atoms with Gasteiger partial charge in [-0.2, -0.15) is 13.2 Å². The number of nitrogens with one attached hydrogen (secondary N) is 2. The number of carboxylic acid groups (broad SMARTS) is 2. The van der Waals surface area contributed by atoms with E-state index in [2.05, 4.69) is 9.44 Å². The summed E-state index contributed by atoms with van der Waals surface area (Å²) in [6, 6.07) is 29.4. The summed E-state index contributed by atoms with van der Waals surface area (Å²) in [5.41, 5.74) is -0.729. The number of alkyl halides is 3. The Morgan fingerprint density at radius 1 is 0.500 bits per heavy atom. The molecule has 0 fully saturated rings. The van der Waals surface area contributed by atoms with Gasteiger partial charge in [0, 0.05) is 17.4 Å². The molecule has 6 rings (SSSR count). The SMILES string of the molecule is O=C(O)c1ccc(OCCOc2ccc(NS(=O)(=O)c3ccc(F)cc3F)cc2)cc1.O=C(O)c1ccc(OCCOc2ccc(NS(=O)(=O)c3ccccc3C(F)(F)F)cc2)cc1. The van der Waals surface area contributed by atoms with Gasteiger partial charge in [0.15, 0.2) is 0 Å². The third-order valence-electron chi connectivity index (χ3n) is 8.32. The Hall–Kier alpha value is -7.39. The van der Waals surface area contributed by atoms with Gasteiger partial charge in [-0.3, -0.25) is 9.44 Å². The Labute approximate surface area is 362 Å². The summed E-state index contributed by atoms with van der Waals surface area (Å²) < 4.78 is 142. The molecule has 0 saturated heterocycles. The molecular weight excluding hydrogens is 896 g/mol. The highest BCUT2D eigenvalue weighted by Gasteiger charge is 2.37. The summed E-state index contributed by atoms with van der Waals surface area (Å²) in [4.78, 5) is 20.1. The van der Waals surface area contributed by atoms with Gasteiger partial charge in [-0.15, -0.1) is 0 Å². The standard InChI is InChI=1S/C22H18F3NO6S.C21H17F2NO6S/c23-22(24,25)19-3-1-2-4-20(19)33(29,30)26-16-7-11-18(12-8-16)32-14-13-31-17-9-5-15(6-10-17)21(27)28;22-15-3-10-20(19(23)13-15)31(27,28)24-16-4-8-18(9-5-16)30-12-11-29-17-6-1-14(2-7-17)21(25)26/h1-12,26H,13-14H2,(H,27,28);1-10,13,24H,11-12H2,(H,25,26). The van der Waals surface area contributed by atoms with Crippen molar-refractivity contribution in [3.8, 4) is 23.0 Å². The van der Waals surface area contributed by atoms with Crippen molar-refractivity contribution in [2.45, 2.75) is 16.0 Å². The van der Waals surface area contributed by atoms with Crippen LogP contribution in [-0.4, -0.2) is 65.4 Å². The van der Waals surface area contributed by atoms with Gasteiger partial charge in [0.2, 0.25) is 0 Å². The second-order valence-electron chi connectivity index (χ2n) is 12.9. The summed E-state index contributed by atoms with van der Waals surface area (Å²) in [5, 5.41) is 17.7. The van der Waals surface area contributed by atoms with Crippen LogP contribution in [0.25, 0.3) is 0 Å². The molecule has 0 atom stereocenters. The van der Waals surface area contributed by atoms with Crippen LogP contribution in [0.1, 0.15) is 26.3 Å². The van der Waals surface area contributed by atoms with Crippen LogP contribution in [0.2, 0.25) is 0 Å². The monoisotopic (exact) mass is 930 g/mol. The van der Waals surface area contributed by atoms with E-state index in [1.54, 1.807) is 0 Å². The zero-order valence-electron chi connectivity index (χ0n) is 32.8. The largest absolute Gasteiger partial charge is 0.490 e. The third-order valence-corrected chi connectivity index (χ3v) is 11.2. The first-order chi connectivity index (χ1) is 30.3. The molecule has 0 bridgehead atoms. The molecule has 21 heteroatoms. The molecule has 0 aliphatic carbocycles. The summed E-state index contributed by atoms with van der Waals surface area (Å²) >= 11 is 0. The molecule has 0 aliphatic heterocycles. The first-order valence-electron chi connectivity index (χ1n) is 18.4. The Balaban J connectivity index is 0.000000241. The quantitative estimate of drug-likeness (QED) is 0.0473. The fourth-order valence-corrected chi connectivity index (χ4v) is 7.72. The van der Waals surface area contributed by atoms with Crippen molar-refractivity contribution in [3.05, 3.63) is 168 Å². The summed E-state index contributed by atoms with van der Waals surface area (Å²) in [6.45, 7) is 0.691. The molecule has 0 amide bonds. The van der Waals surface area contributed by atoms with Crippen molar-refractivity contribution in [2.75, 3.05) is 35.9 Å². The average Bonchev–Trinajstić information content (AvgIpc) is 3.25. The maximum Gasteiger partial charge on any atom is 0.417 e. The van der Waals surface area contributed by atoms with Crippen LogP contribution in [-0.2, 0) is 26.2 Å². The molecule has 0 aromatic heterocycles. The van der Waals surface area contributed by atoms with E-state index in [-0.39, 0.29) is 48.9 Å². The molecule has 6 aromatic rings. The number of carboxylic acids is 2. The normalized spacial score (nSPS) is 11.3. The van der Waals surface area contributed by atoms with Crippen LogP contribution >= 0.6 is 0 Å². The number of carbonyl (C=O) groups is 2. The molecule has 4 N–H and O–H groups in total. The van der Waals surface area contributed by atoms with Gasteiger partial charge in [-0.25, -0.2) is 35.2 Å². The van der Waals surface area contributed by atoms with Gasteiger partial charge in [0.1, 0.15) is 66.0 Å². The van der Waals surface area contributed by atoms with Gasteiger partial charge in [0.05, 0.1) is 21.6 Å². The van der Waals surface area contributed by atoms with E-state index < -0.39 is 65.2 Å². The summed E-state index contributed by atoms with van der Waals surface area (Å²) in [5.74, 6) is -2.34. The number of halogens is 5. The van der Waals surface area contributed by atoms with Crippen LogP contribution in [0, 0.1) is 11.6 Å². The lowest BCUT2D eigenvalue weighted by atomic mass is 10.2. The van der Waals surface area contributed by atoms with Gasteiger partial charge >= 0.3 is 18.1 Å². The second kappa shape index (κ2) is 21.1. The van der Waals surface area contributed by atoms with E-state index in [0.717, 1.165) is 24.3 Å². The highest BCUT2D eigenvalue weighted by molar-refractivity contribution is 7.93.